The lowest BCUT2D eigenvalue weighted by Gasteiger charge is -2.06. The number of rotatable bonds is 3. The monoisotopic (exact) mass is 339 g/mol. The molecule has 1 aromatic heterocycles. The molecule has 1 heterocycles. The van der Waals surface area contributed by atoms with Gasteiger partial charge in [-0.1, -0.05) is 0 Å². The van der Waals surface area contributed by atoms with Gasteiger partial charge in [0.2, 0.25) is 5.95 Å². The Kier molecular flexibility index (Phi) is 4.04. The number of hydrogen-bond donors (Lipinski definition) is 1. The number of carbonyl (C=O) groups is 1. The molecule has 0 unspecified atom stereocenters. The van der Waals surface area contributed by atoms with Crippen molar-refractivity contribution in [3.8, 4) is 0 Å². The highest BCUT2D eigenvalue weighted by molar-refractivity contribution is 9.10. The summed E-state index contributed by atoms with van der Waals surface area (Å²) in [5.74, 6) is -1.64. The number of nitrogens with one attached hydrogen (secondary N) is 1. The van der Waals surface area contributed by atoms with Crippen LogP contribution in [-0.2, 0) is 0 Å². The average Bonchev–Trinajstić information content (AvgIpc) is 2.41. The first kappa shape index (κ1) is 14.1. The smallest absolute Gasteiger partial charge is 0.285 e. The molecular weight excluding hydrogens is 333 g/mol. The van der Waals surface area contributed by atoms with Gasteiger partial charge in [0, 0.05) is 18.0 Å². The lowest BCUT2D eigenvalue weighted by atomic mass is 10.2. The number of hydrogen-bond acceptors (Lipinski definition) is 4. The molecule has 0 aliphatic rings. The summed E-state index contributed by atoms with van der Waals surface area (Å²) in [7, 11) is 0. The van der Waals surface area contributed by atoms with E-state index < -0.39 is 16.8 Å². The summed E-state index contributed by atoms with van der Waals surface area (Å²) in [5.41, 5.74) is -0.249. The predicted octanol–water partition coefficient (Wildman–Crippen LogP) is 3.14. The summed E-state index contributed by atoms with van der Waals surface area (Å²) in [6.07, 6.45) is 1.22. The predicted molar refractivity (Wildman–Crippen MR) is 72.9 cm³/mol. The molecule has 2 rings (SSSR count). The molecule has 0 radical (unpaired) electrons. The number of anilines is 1. The van der Waals surface area contributed by atoms with Crippen molar-refractivity contribution >= 4 is 33.2 Å². The molecule has 0 aliphatic carbocycles. The van der Waals surface area contributed by atoms with Crippen LogP contribution in [0.4, 0.5) is 15.8 Å². The van der Waals surface area contributed by atoms with Crippen molar-refractivity contribution in [1.29, 1.82) is 0 Å². The first-order chi connectivity index (χ1) is 9.49. The third kappa shape index (κ3) is 2.97. The molecule has 8 heteroatoms. The van der Waals surface area contributed by atoms with Crippen LogP contribution in [0.15, 0.2) is 41.0 Å². The lowest BCUT2D eigenvalue weighted by Crippen LogP contribution is -2.14. The third-order valence-corrected chi connectivity index (χ3v) is 3.07. The fourth-order valence-corrected chi connectivity index (χ4v) is 1.88. The summed E-state index contributed by atoms with van der Waals surface area (Å²) in [6.45, 7) is 0. The Balaban J connectivity index is 2.27. The Hall–Kier alpha value is -2.35. The van der Waals surface area contributed by atoms with Crippen LogP contribution in [0.5, 0.6) is 0 Å². The highest BCUT2D eigenvalue weighted by atomic mass is 79.9. The van der Waals surface area contributed by atoms with Gasteiger partial charge in [0.15, 0.2) is 0 Å². The van der Waals surface area contributed by atoms with Crippen molar-refractivity contribution in [3.63, 3.8) is 0 Å². The first-order valence-electron chi connectivity index (χ1n) is 5.35. The van der Waals surface area contributed by atoms with Crippen LogP contribution >= 0.6 is 15.9 Å². The number of nitro groups is 1. The average molecular weight is 340 g/mol. The Labute approximate surface area is 120 Å². The summed E-state index contributed by atoms with van der Waals surface area (Å²) >= 11 is 3.03. The van der Waals surface area contributed by atoms with Crippen LogP contribution in [0.3, 0.4) is 0 Å². The molecule has 0 saturated heterocycles. The summed E-state index contributed by atoms with van der Waals surface area (Å²) in [4.78, 5) is 25.4. The van der Waals surface area contributed by atoms with E-state index in [4.69, 9.17) is 0 Å². The standard InChI is InChI=1S/C12H7BrFN3O3/c13-9-4-3-7(6-10(9)17(19)20)16-12(18)8-2-1-5-15-11(8)14/h1-6H,(H,16,18). The number of nitro benzene ring substituents is 1. The van der Waals surface area contributed by atoms with Gasteiger partial charge in [-0.25, -0.2) is 4.98 Å². The summed E-state index contributed by atoms with van der Waals surface area (Å²) < 4.78 is 13.6. The molecule has 102 valence electrons. The second-order valence-electron chi connectivity index (χ2n) is 3.72. The SMILES string of the molecule is O=C(Nc1ccc(Br)c([N+](=O)[O-])c1)c1cccnc1F. The number of carbonyl (C=O) groups excluding carboxylic acids is 1. The van der Waals surface area contributed by atoms with E-state index >= 15 is 0 Å². The van der Waals surface area contributed by atoms with E-state index in [2.05, 4.69) is 26.2 Å². The van der Waals surface area contributed by atoms with Gasteiger partial charge in [-0.15, -0.1) is 0 Å². The minimum atomic E-state index is -0.906. The van der Waals surface area contributed by atoms with Crippen LogP contribution in [0.2, 0.25) is 0 Å². The van der Waals surface area contributed by atoms with E-state index in [1.165, 1.54) is 36.5 Å². The minimum absolute atomic E-state index is 0.188. The zero-order valence-corrected chi connectivity index (χ0v) is 11.4. The first-order valence-corrected chi connectivity index (χ1v) is 6.14. The molecule has 0 fully saturated rings. The molecule has 1 amide bonds. The van der Waals surface area contributed by atoms with Gasteiger partial charge >= 0.3 is 0 Å². The van der Waals surface area contributed by atoms with Crippen molar-refractivity contribution in [2.24, 2.45) is 0 Å². The zero-order chi connectivity index (χ0) is 14.7. The maximum atomic E-state index is 13.3. The van der Waals surface area contributed by atoms with E-state index in [9.17, 15) is 19.3 Å². The lowest BCUT2D eigenvalue weighted by molar-refractivity contribution is -0.385. The van der Waals surface area contributed by atoms with Crippen LogP contribution in [0, 0.1) is 16.1 Å². The largest absolute Gasteiger partial charge is 0.322 e. The maximum Gasteiger partial charge on any atom is 0.285 e. The van der Waals surface area contributed by atoms with Crippen LogP contribution < -0.4 is 5.32 Å². The van der Waals surface area contributed by atoms with Crippen molar-refractivity contribution in [2.75, 3.05) is 5.32 Å². The van der Waals surface area contributed by atoms with Gasteiger partial charge in [0.25, 0.3) is 11.6 Å². The molecule has 0 bridgehead atoms. The van der Waals surface area contributed by atoms with E-state index in [-0.39, 0.29) is 21.4 Å². The molecule has 0 spiro atoms. The van der Waals surface area contributed by atoms with Crippen molar-refractivity contribution in [2.45, 2.75) is 0 Å². The Morgan fingerprint density at radius 1 is 1.40 bits per heavy atom. The van der Waals surface area contributed by atoms with E-state index in [1.54, 1.807) is 0 Å². The Bertz CT molecular complexity index is 693. The number of aromatic nitrogens is 1. The van der Waals surface area contributed by atoms with Gasteiger partial charge in [-0.2, -0.15) is 4.39 Å². The van der Waals surface area contributed by atoms with Gasteiger partial charge in [0.1, 0.15) is 0 Å². The highest BCUT2D eigenvalue weighted by Crippen LogP contribution is 2.28. The highest BCUT2D eigenvalue weighted by Gasteiger charge is 2.16. The van der Waals surface area contributed by atoms with Gasteiger partial charge < -0.3 is 5.32 Å². The molecule has 0 aliphatic heterocycles. The Morgan fingerprint density at radius 2 is 2.15 bits per heavy atom. The molecule has 1 N–H and O–H groups in total. The normalized spacial score (nSPS) is 10.1. The zero-order valence-electron chi connectivity index (χ0n) is 9.84. The number of halogens is 2. The maximum absolute atomic E-state index is 13.3. The fourth-order valence-electron chi connectivity index (χ4n) is 1.48. The molecule has 1 aromatic carbocycles. The van der Waals surface area contributed by atoms with Crippen molar-refractivity contribution in [3.05, 3.63) is 62.6 Å². The van der Waals surface area contributed by atoms with E-state index in [1.807, 2.05) is 0 Å². The second-order valence-corrected chi connectivity index (χ2v) is 4.57. The Morgan fingerprint density at radius 3 is 2.80 bits per heavy atom. The quantitative estimate of drug-likeness (QED) is 0.528. The second kappa shape index (κ2) is 5.74. The molecular formula is C12H7BrFN3O3. The van der Waals surface area contributed by atoms with Crippen LogP contribution in [-0.4, -0.2) is 15.8 Å². The van der Waals surface area contributed by atoms with E-state index in [0.717, 1.165) is 0 Å². The van der Waals surface area contributed by atoms with Gasteiger partial charge in [0.05, 0.1) is 15.0 Å². The van der Waals surface area contributed by atoms with Gasteiger partial charge in [-0.05, 0) is 40.2 Å². The third-order valence-electron chi connectivity index (χ3n) is 2.40. The molecule has 2 aromatic rings. The minimum Gasteiger partial charge on any atom is -0.322 e. The number of nitrogens with zero attached hydrogens (tertiary/aromatic N) is 2. The fraction of sp³-hybridized carbons (Fsp3) is 0. The summed E-state index contributed by atoms with van der Waals surface area (Å²) in [6, 6.07) is 6.75. The number of amides is 1. The van der Waals surface area contributed by atoms with Crippen LogP contribution in [0.1, 0.15) is 10.4 Å². The van der Waals surface area contributed by atoms with Crippen molar-refractivity contribution < 1.29 is 14.1 Å². The van der Waals surface area contributed by atoms with E-state index in [0.29, 0.717) is 0 Å². The molecule has 20 heavy (non-hydrogen) atoms. The van der Waals surface area contributed by atoms with Gasteiger partial charge in [-0.3, -0.25) is 14.9 Å². The molecule has 0 atom stereocenters. The topological polar surface area (TPSA) is 85.1 Å². The molecule has 0 saturated carbocycles. The van der Waals surface area contributed by atoms with Crippen LogP contribution in [0.25, 0.3) is 0 Å². The number of benzene rings is 1. The van der Waals surface area contributed by atoms with Crippen molar-refractivity contribution in [1.82, 2.24) is 4.98 Å². The molecule has 6 nitrogen and oxygen atoms in total. The summed E-state index contributed by atoms with van der Waals surface area (Å²) in [5, 5.41) is 13.2. The number of pyridine rings is 1.